The molecule has 1 aliphatic heterocycles. The molecule has 1 fully saturated rings. The van der Waals surface area contributed by atoms with Crippen molar-refractivity contribution in [3.8, 4) is 11.5 Å². The van der Waals surface area contributed by atoms with Gasteiger partial charge in [-0.25, -0.2) is 12.7 Å². The van der Waals surface area contributed by atoms with E-state index in [1.54, 1.807) is 44.6 Å². The number of amides is 1. The molecule has 1 heterocycles. The topological polar surface area (TPSA) is 84.9 Å². The minimum atomic E-state index is -3.45. The highest BCUT2D eigenvalue weighted by atomic mass is 35.5. The first-order valence-electron chi connectivity index (χ1n) is 10.5. The van der Waals surface area contributed by atoms with E-state index >= 15 is 0 Å². The van der Waals surface area contributed by atoms with Gasteiger partial charge >= 0.3 is 0 Å². The van der Waals surface area contributed by atoms with Crippen LogP contribution < -0.4 is 14.8 Å². The summed E-state index contributed by atoms with van der Waals surface area (Å²) in [6.45, 7) is 2.57. The summed E-state index contributed by atoms with van der Waals surface area (Å²) in [5, 5.41) is 3.61. The maximum atomic E-state index is 12.8. The molecule has 1 atom stereocenters. The van der Waals surface area contributed by atoms with E-state index in [0.717, 1.165) is 5.56 Å². The third-order valence-corrected chi connectivity index (χ3v) is 7.85. The first kappa shape index (κ1) is 24.4. The Kier molecular flexibility index (Phi) is 8.03. The minimum Gasteiger partial charge on any atom is -0.493 e. The van der Waals surface area contributed by atoms with E-state index in [2.05, 4.69) is 5.32 Å². The molecule has 1 saturated heterocycles. The summed E-state index contributed by atoms with van der Waals surface area (Å²) in [5.41, 5.74) is 1.59. The van der Waals surface area contributed by atoms with Crippen molar-refractivity contribution in [3.05, 3.63) is 58.6 Å². The van der Waals surface area contributed by atoms with Crippen molar-refractivity contribution in [1.82, 2.24) is 9.62 Å². The number of nitrogens with zero attached hydrogens (tertiary/aromatic N) is 1. The van der Waals surface area contributed by atoms with Gasteiger partial charge in [0.1, 0.15) is 0 Å². The second-order valence-corrected chi connectivity index (χ2v) is 10.3. The van der Waals surface area contributed by atoms with Crippen molar-refractivity contribution in [1.29, 1.82) is 0 Å². The van der Waals surface area contributed by atoms with Crippen molar-refractivity contribution in [2.45, 2.75) is 31.6 Å². The van der Waals surface area contributed by atoms with Gasteiger partial charge in [-0.2, -0.15) is 0 Å². The molecule has 3 rings (SSSR count). The molecule has 0 radical (unpaired) electrons. The molecule has 7 nitrogen and oxygen atoms in total. The highest BCUT2D eigenvalue weighted by Crippen LogP contribution is 2.30. The lowest BCUT2D eigenvalue weighted by atomic mass is 9.96. The van der Waals surface area contributed by atoms with Crippen LogP contribution in [0.2, 0.25) is 5.02 Å². The number of hydrogen-bond donors (Lipinski definition) is 1. The lowest BCUT2D eigenvalue weighted by Gasteiger charge is -2.31. The Bertz CT molecular complexity index is 1030. The van der Waals surface area contributed by atoms with Gasteiger partial charge in [-0.05, 0) is 55.2 Å². The fourth-order valence-electron chi connectivity index (χ4n) is 3.82. The maximum Gasteiger partial charge on any atom is 0.223 e. The number of piperidine rings is 1. The molecule has 0 aromatic heterocycles. The van der Waals surface area contributed by atoms with Crippen molar-refractivity contribution >= 4 is 27.5 Å². The third-order valence-electron chi connectivity index (χ3n) is 5.75. The number of carbonyl (C=O) groups is 1. The molecular formula is C23H29ClN2O5S. The predicted molar refractivity (Wildman–Crippen MR) is 124 cm³/mol. The molecule has 2 aromatic carbocycles. The number of methoxy groups -OCH3 is 2. The van der Waals surface area contributed by atoms with E-state index in [1.807, 2.05) is 19.1 Å². The van der Waals surface area contributed by atoms with Crippen LogP contribution >= 0.6 is 11.6 Å². The molecule has 1 amide bonds. The molecule has 9 heteroatoms. The highest BCUT2D eigenvalue weighted by Gasteiger charge is 2.31. The monoisotopic (exact) mass is 480 g/mol. The van der Waals surface area contributed by atoms with Crippen molar-refractivity contribution in [3.63, 3.8) is 0 Å². The summed E-state index contributed by atoms with van der Waals surface area (Å²) in [6, 6.07) is 12.1. The van der Waals surface area contributed by atoms with Gasteiger partial charge in [0.15, 0.2) is 11.5 Å². The van der Waals surface area contributed by atoms with Crippen LogP contribution in [0.5, 0.6) is 11.5 Å². The number of benzene rings is 2. The number of carbonyl (C=O) groups excluding carboxylic acids is 1. The first-order chi connectivity index (χ1) is 15.2. The quantitative estimate of drug-likeness (QED) is 0.621. The molecular weight excluding hydrogens is 452 g/mol. The van der Waals surface area contributed by atoms with Gasteiger partial charge in [-0.1, -0.05) is 29.8 Å². The molecule has 0 saturated carbocycles. The third kappa shape index (κ3) is 5.94. The van der Waals surface area contributed by atoms with E-state index in [4.69, 9.17) is 21.1 Å². The Morgan fingerprint density at radius 1 is 1.09 bits per heavy atom. The maximum absolute atomic E-state index is 12.8. The number of nitrogens with one attached hydrogen (secondary N) is 1. The normalized spacial score (nSPS) is 16.4. The minimum absolute atomic E-state index is 0.0676. The Balaban J connectivity index is 1.55. The van der Waals surface area contributed by atoms with Crippen molar-refractivity contribution in [2.75, 3.05) is 27.3 Å². The smallest absolute Gasteiger partial charge is 0.223 e. The summed E-state index contributed by atoms with van der Waals surface area (Å²) in [4.78, 5) is 12.8. The van der Waals surface area contributed by atoms with E-state index in [0.29, 0.717) is 48.0 Å². The second-order valence-electron chi connectivity index (χ2n) is 7.90. The SMILES string of the molecule is COc1ccc([C@@H](C)NC(=O)C2CCN(S(=O)(=O)Cc3ccc(Cl)cc3)CC2)cc1OC. The zero-order valence-electron chi connectivity index (χ0n) is 18.5. The molecule has 174 valence electrons. The average molecular weight is 481 g/mol. The molecule has 2 aromatic rings. The Morgan fingerprint density at radius 3 is 2.31 bits per heavy atom. The Morgan fingerprint density at radius 2 is 1.72 bits per heavy atom. The van der Waals surface area contributed by atoms with Gasteiger partial charge in [0.2, 0.25) is 15.9 Å². The van der Waals surface area contributed by atoms with Crippen LogP contribution in [0.3, 0.4) is 0 Å². The molecule has 0 bridgehead atoms. The summed E-state index contributed by atoms with van der Waals surface area (Å²) >= 11 is 5.87. The molecule has 0 spiro atoms. The highest BCUT2D eigenvalue weighted by molar-refractivity contribution is 7.88. The van der Waals surface area contributed by atoms with Crippen LogP contribution in [0.25, 0.3) is 0 Å². The summed E-state index contributed by atoms with van der Waals surface area (Å²) in [7, 11) is -0.303. The van der Waals surface area contributed by atoms with Gasteiger partial charge in [0, 0.05) is 24.0 Å². The number of ether oxygens (including phenoxy) is 2. The van der Waals surface area contributed by atoms with E-state index < -0.39 is 10.0 Å². The van der Waals surface area contributed by atoms with Crippen molar-refractivity contribution < 1.29 is 22.7 Å². The summed E-state index contributed by atoms with van der Waals surface area (Å²) in [6.07, 6.45) is 0.981. The number of hydrogen-bond acceptors (Lipinski definition) is 5. The largest absolute Gasteiger partial charge is 0.493 e. The molecule has 1 N–H and O–H groups in total. The van der Waals surface area contributed by atoms with Crippen LogP contribution in [-0.2, 0) is 20.6 Å². The Hall–Kier alpha value is -2.29. The van der Waals surface area contributed by atoms with Crippen molar-refractivity contribution in [2.24, 2.45) is 5.92 Å². The average Bonchev–Trinajstić information content (AvgIpc) is 2.80. The predicted octanol–water partition coefficient (Wildman–Crippen LogP) is 3.78. The second kappa shape index (κ2) is 10.6. The number of sulfonamides is 1. The fourth-order valence-corrected chi connectivity index (χ4v) is 5.50. The van der Waals surface area contributed by atoms with Crippen LogP contribution in [0, 0.1) is 5.92 Å². The lowest BCUT2D eigenvalue weighted by molar-refractivity contribution is -0.126. The van der Waals surface area contributed by atoms with E-state index in [1.165, 1.54) is 4.31 Å². The number of halogens is 1. The van der Waals surface area contributed by atoms with Gasteiger partial charge in [-0.3, -0.25) is 4.79 Å². The first-order valence-corrected chi connectivity index (χ1v) is 12.5. The van der Waals surface area contributed by atoms with Crippen LogP contribution in [0.4, 0.5) is 0 Å². The van der Waals surface area contributed by atoms with Gasteiger partial charge < -0.3 is 14.8 Å². The standard InChI is InChI=1S/C23H29ClN2O5S/c1-16(19-6-9-21(30-2)22(14-19)31-3)25-23(27)18-10-12-26(13-11-18)32(28,29)15-17-4-7-20(24)8-5-17/h4-9,14,16,18H,10-13,15H2,1-3H3,(H,25,27)/t16-/m1/s1. The van der Waals surface area contributed by atoms with E-state index in [9.17, 15) is 13.2 Å². The van der Waals surface area contributed by atoms with Crippen LogP contribution in [0.1, 0.15) is 36.9 Å². The van der Waals surface area contributed by atoms with Crippen LogP contribution in [0.15, 0.2) is 42.5 Å². The van der Waals surface area contributed by atoms with Gasteiger partial charge in [0.25, 0.3) is 0 Å². The zero-order valence-corrected chi connectivity index (χ0v) is 20.1. The number of rotatable bonds is 8. The molecule has 0 unspecified atom stereocenters. The van der Waals surface area contributed by atoms with Gasteiger partial charge in [-0.15, -0.1) is 0 Å². The van der Waals surface area contributed by atoms with Gasteiger partial charge in [0.05, 0.1) is 26.0 Å². The lowest BCUT2D eigenvalue weighted by Crippen LogP contribution is -2.43. The zero-order chi connectivity index (χ0) is 23.3. The fraction of sp³-hybridized carbons (Fsp3) is 0.435. The summed E-state index contributed by atoms with van der Waals surface area (Å²) in [5.74, 6) is 0.867. The van der Waals surface area contributed by atoms with E-state index in [-0.39, 0.29) is 23.6 Å². The Labute approximate surface area is 194 Å². The molecule has 32 heavy (non-hydrogen) atoms. The molecule has 1 aliphatic rings. The summed E-state index contributed by atoms with van der Waals surface area (Å²) < 4.78 is 37.6. The molecule has 0 aliphatic carbocycles. The van der Waals surface area contributed by atoms with Crippen LogP contribution in [-0.4, -0.2) is 45.9 Å².